The average molecular weight is 743 g/mol. The van der Waals surface area contributed by atoms with Crippen LogP contribution in [0.1, 0.15) is 0 Å². The predicted molar refractivity (Wildman–Crippen MR) is 234 cm³/mol. The summed E-state index contributed by atoms with van der Waals surface area (Å²) < 4.78 is 0. The first-order valence-corrected chi connectivity index (χ1v) is 19.2. The van der Waals surface area contributed by atoms with Crippen molar-refractivity contribution in [2.75, 3.05) is 0 Å². The standard InChI is InChI=1S/C52H34N6/c1-5-14-36(15-6-1)47-53-48(37-16-7-2-8-17-37)56-51(55-47)40-26-24-35(25-27-40)42-28-29-45-33-43(30-31-44(45)32-42)41-22-13-23-46(34-41)52-57-49(38-18-9-3-10-19-38)54-50(58-52)39-20-11-4-12-21-39/h1-34H. The fourth-order valence-corrected chi connectivity index (χ4v) is 7.13. The van der Waals surface area contributed by atoms with E-state index in [-0.39, 0.29) is 0 Å². The van der Waals surface area contributed by atoms with Crippen molar-refractivity contribution in [3.8, 4) is 90.6 Å². The Morgan fingerprint density at radius 3 is 0.828 bits per heavy atom. The summed E-state index contributed by atoms with van der Waals surface area (Å²) in [5, 5.41) is 2.32. The summed E-state index contributed by atoms with van der Waals surface area (Å²) in [7, 11) is 0. The minimum Gasteiger partial charge on any atom is -0.208 e. The first-order valence-electron chi connectivity index (χ1n) is 19.2. The second-order valence-corrected chi connectivity index (χ2v) is 14.0. The highest BCUT2D eigenvalue weighted by molar-refractivity contribution is 5.91. The van der Waals surface area contributed by atoms with Crippen molar-refractivity contribution in [3.05, 3.63) is 206 Å². The number of nitrogens with zero attached hydrogens (tertiary/aromatic N) is 6. The van der Waals surface area contributed by atoms with Gasteiger partial charge in [-0.2, -0.15) is 0 Å². The number of rotatable bonds is 8. The van der Waals surface area contributed by atoms with Crippen LogP contribution in [0.15, 0.2) is 206 Å². The van der Waals surface area contributed by atoms with Crippen LogP contribution < -0.4 is 0 Å². The van der Waals surface area contributed by atoms with Gasteiger partial charge >= 0.3 is 0 Å². The summed E-state index contributed by atoms with van der Waals surface area (Å²) in [5.41, 5.74) is 10.1. The van der Waals surface area contributed by atoms with Crippen LogP contribution in [0.2, 0.25) is 0 Å². The van der Waals surface area contributed by atoms with Crippen molar-refractivity contribution in [2.24, 2.45) is 0 Å². The van der Waals surface area contributed by atoms with E-state index in [9.17, 15) is 0 Å². The maximum absolute atomic E-state index is 4.95. The van der Waals surface area contributed by atoms with Crippen molar-refractivity contribution >= 4 is 10.8 Å². The van der Waals surface area contributed by atoms with Crippen LogP contribution in [0.4, 0.5) is 0 Å². The summed E-state index contributed by atoms with van der Waals surface area (Å²) in [6.07, 6.45) is 0. The molecule has 2 aromatic heterocycles. The summed E-state index contributed by atoms with van der Waals surface area (Å²) in [5.74, 6) is 3.86. The largest absolute Gasteiger partial charge is 0.208 e. The third-order valence-corrected chi connectivity index (χ3v) is 10.2. The van der Waals surface area contributed by atoms with Gasteiger partial charge in [0.05, 0.1) is 0 Å². The zero-order chi connectivity index (χ0) is 38.7. The molecule has 58 heavy (non-hydrogen) atoms. The molecule has 0 spiro atoms. The molecular weight excluding hydrogens is 709 g/mol. The summed E-state index contributed by atoms with van der Waals surface area (Å²) in [4.78, 5) is 29.4. The van der Waals surface area contributed by atoms with Crippen molar-refractivity contribution in [1.82, 2.24) is 29.9 Å². The lowest BCUT2D eigenvalue weighted by Crippen LogP contribution is -2.00. The van der Waals surface area contributed by atoms with E-state index in [0.29, 0.717) is 34.9 Å². The third kappa shape index (κ3) is 7.14. The number of fused-ring (bicyclic) bond motifs is 1. The minimum atomic E-state index is 0.634. The van der Waals surface area contributed by atoms with Crippen LogP contribution in [-0.4, -0.2) is 29.9 Å². The first kappa shape index (κ1) is 34.5. The van der Waals surface area contributed by atoms with Gasteiger partial charge in [0.2, 0.25) is 0 Å². The van der Waals surface area contributed by atoms with Crippen molar-refractivity contribution in [3.63, 3.8) is 0 Å². The van der Waals surface area contributed by atoms with Gasteiger partial charge in [-0.25, -0.2) is 29.9 Å². The second kappa shape index (κ2) is 15.3. The van der Waals surface area contributed by atoms with Gasteiger partial charge in [0.1, 0.15) is 0 Å². The zero-order valence-corrected chi connectivity index (χ0v) is 31.3. The number of hydrogen-bond acceptors (Lipinski definition) is 6. The van der Waals surface area contributed by atoms with E-state index >= 15 is 0 Å². The fraction of sp³-hybridized carbons (Fsp3) is 0. The van der Waals surface area contributed by atoms with Gasteiger partial charge in [-0.05, 0) is 51.2 Å². The molecular formula is C52H34N6. The van der Waals surface area contributed by atoms with Crippen molar-refractivity contribution in [1.29, 1.82) is 0 Å². The third-order valence-electron chi connectivity index (χ3n) is 10.2. The molecule has 0 aliphatic carbocycles. The Morgan fingerprint density at radius 2 is 0.431 bits per heavy atom. The maximum Gasteiger partial charge on any atom is 0.164 e. The highest BCUT2D eigenvalue weighted by atomic mass is 15.0. The van der Waals surface area contributed by atoms with Crippen LogP contribution in [0.25, 0.3) is 101 Å². The number of benzene rings is 8. The molecule has 0 unspecified atom stereocenters. The highest BCUT2D eigenvalue weighted by Gasteiger charge is 2.15. The Labute approximate surface area is 336 Å². The molecule has 6 heteroatoms. The molecule has 2 heterocycles. The molecule has 0 saturated carbocycles. The van der Waals surface area contributed by atoms with Gasteiger partial charge in [0.15, 0.2) is 34.9 Å². The lowest BCUT2D eigenvalue weighted by molar-refractivity contribution is 1.07. The average Bonchev–Trinajstić information content (AvgIpc) is 3.32. The highest BCUT2D eigenvalue weighted by Crippen LogP contribution is 2.33. The van der Waals surface area contributed by atoms with E-state index in [0.717, 1.165) is 66.4 Å². The van der Waals surface area contributed by atoms with E-state index in [1.165, 1.54) is 0 Å². The van der Waals surface area contributed by atoms with Crippen LogP contribution in [0, 0.1) is 0 Å². The van der Waals surface area contributed by atoms with Crippen LogP contribution in [-0.2, 0) is 0 Å². The Bertz CT molecular complexity index is 2910. The molecule has 10 rings (SSSR count). The molecule has 0 bridgehead atoms. The molecule has 0 radical (unpaired) electrons. The summed E-state index contributed by atoms with van der Waals surface area (Å²) in [6.45, 7) is 0. The van der Waals surface area contributed by atoms with Crippen LogP contribution >= 0.6 is 0 Å². The zero-order valence-electron chi connectivity index (χ0n) is 31.3. The molecule has 0 aliphatic rings. The number of aromatic nitrogens is 6. The molecule has 8 aromatic carbocycles. The quantitative estimate of drug-likeness (QED) is 0.154. The topological polar surface area (TPSA) is 77.3 Å². The van der Waals surface area contributed by atoms with E-state index in [2.05, 4.69) is 84.9 Å². The van der Waals surface area contributed by atoms with E-state index in [4.69, 9.17) is 29.9 Å². The Morgan fingerprint density at radius 1 is 0.172 bits per heavy atom. The smallest absolute Gasteiger partial charge is 0.164 e. The summed E-state index contributed by atoms with van der Waals surface area (Å²) in [6, 6.07) is 70.3. The Kier molecular flexibility index (Phi) is 9.10. The fourth-order valence-electron chi connectivity index (χ4n) is 7.13. The van der Waals surface area contributed by atoms with Gasteiger partial charge in [-0.1, -0.05) is 188 Å². The normalized spacial score (nSPS) is 11.1. The van der Waals surface area contributed by atoms with E-state index < -0.39 is 0 Å². The first-order chi connectivity index (χ1) is 28.7. The molecule has 272 valence electrons. The number of hydrogen-bond donors (Lipinski definition) is 0. The molecule has 0 N–H and O–H groups in total. The molecule has 0 atom stereocenters. The van der Waals surface area contributed by atoms with Gasteiger partial charge in [-0.15, -0.1) is 0 Å². The van der Waals surface area contributed by atoms with Crippen LogP contribution in [0.5, 0.6) is 0 Å². The maximum atomic E-state index is 4.95. The Balaban J connectivity index is 0.943. The molecule has 6 nitrogen and oxygen atoms in total. The van der Waals surface area contributed by atoms with Gasteiger partial charge in [0.25, 0.3) is 0 Å². The minimum absolute atomic E-state index is 0.634. The lowest BCUT2D eigenvalue weighted by Gasteiger charge is -2.11. The summed E-state index contributed by atoms with van der Waals surface area (Å²) >= 11 is 0. The lowest BCUT2D eigenvalue weighted by atomic mass is 9.96. The van der Waals surface area contributed by atoms with Gasteiger partial charge < -0.3 is 0 Å². The second-order valence-electron chi connectivity index (χ2n) is 14.0. The molecule has 10 aromatic rings. The van der Waals surface area contributed by atoms with Crippen molar-refractivity contribution < 1.29 is 0 Å². The van der Waals surface area contributed by atoms with Crippen LogP contribution in [0.3, 0.4) is 0 Å². The SMILES string of the molecule is c1ccc(-c2nc(-c3ccccc3)nc(-c3ccc(-c4ccc5cc(-c6cccc(-c7nc(-c8ccccc8)nc(-c8ccccc8)n7)c6)ccc5c4)cc3)n2)cc1. The monoisotopic (exact) mass is 742 g/mol. The van der Waals surface area contributed by atoms with Crippen molar-refractivity contribution in [2.45, 2.75) is 0 Å². The molecule has 0 saturated heterocycles. The van der Waals surface area contributed by atoms with Gasteiger partial charge in [0, 0.05) is 33.4 Å². The van der Waals surface area contributed by atoms with E-state index in [1.54, 1.807) is 0 Å². The Hall–Kier alpha value is -7.96. The van der Waals surface area contributed by atoms with E-state index in [1.807, 2.05) is 121 Å². The molecule has 0 fully saturated rings. The van der Waals surface area contributed by atoms with Gasteiger partial charge in [-0.3, -0.25) is 0 Å². The molecule has 0 amide bonds. The molecule has 0 aliphatic heterocycles. The predicted octanol–water partition coefficient (Wildman–Crippen LogP) is 12.5.